The van der Waals surface area contributed by atoms with Crippen LogP contribution in [0.4, 0.5) is 4.39 Å². The number of amides is 1. The number of halogens is 1. The third-order valence-corrected chi connectivity index (χ3v) is 7.11. The quantitative estimate of drug-likeness (QED) is 0.710. The topological polar surface area (TPSA) is 82.2 Å². The number of nitrogens with zero attached hydrogens (tertiary/aromatic N) is 3. The Labute approximate surface area is 171 Å². The van der Waals surface area contributed by atoms with E-state index in [1.54, 1.807) is 12.1 Å². The van der Waals surface area contributed by atoms with Gasteiger partial charge in [0.15, 0.2) is 0 Å². The summed E-state index contributed by atoms with van der Waals surface area (Å²) in [5.41, 5.74) is 0.824. The van der Waals surface area contributed by atoms with Crippen LogP contribution in [0.25, 0.3) is 0 Å². The van der Waals surface area contributed by atoms with Gasteiger partial charge in [-0.15, -0.1) is 0 Å². The molecule has 0 radical (unpaired) electrons. The predicted octanol–water partition coefficient (Wildman–Crippen LogP) is 0.414. The number of carbonyl (C=O) groups is 1. The number of ether oxygens (including phenoxy) is 1. The van der Waals surface area contributed by atoms with Gasteiger partial charge in [-0.2, -0.15) is 17.0 Å². The fourth-order valence-corrected chi connectivity index (χ4v) is 5.41. The Hall–Kier alpha value is -1.59. The highest BCUT2D eigenvalue weighted by atomic mass is 32.2. The summed E-state index contributed by atoms with van der Waals surface area (Å²) in [6.07, 6.45) is -0.251. The Morgan fingerprint density at radius 3 is 2.24 bits per heavy atom. The monoisotopic (exact) mass is 428 g/mol. The number of carbonyl (C=O) groups excluding carboxylic acids is 1. The minimum absolute atomic E-state index is 0.125. The van der Waals surface area contributed by atoms with Gasteiger partial charge in [0, 0.05) is 45.8 Å². The van der Waals surface area contributed by atoms with Crippen molar-refractivity contribution in [2.24, 2.45) is 0 Å². The van der Waals surface area contributed by atoms with Crippen molar-refractivity contribution >= 4 is 16.1 Å². The summed E-state index contributed by atoms with van der Waals surface area (Å²) < 4.78 is 47.4. The van der Waals surface area contributed by atoms with Gasteiger partial charge in [0.05, 0.1) is 18.8 Å². The van der Waals surface area contributed by atoms with Crippen LogP contribution >= 0.6 is 0 Å². The molecule has 162 valence electrons. The molecule has 0 aromatic heterocycles. The van der Waals surface area contributed by atoms with Crippen LogP contribution < -0.4 is 5.32 Å². The zero-order valence-corrected chi connectivity index (χ0v) is 17.7. The molecule has 2 fully saturated rings. The minimum Gasteiger partial charge on any atom is -0.373 e. The summed E-state index contributed by atoms with van der Waals surface area (Å²) in [6, 6.07) is 5.98. The van der Waals surface area contributed by atoms with Gasteiger partial charge in [0.25, 0.3) is 10.2 Å². The van der Waals surface area contributed by atoms with Crippen molar-refractivity contribution in [1.82, 2.24) is 18.8 Å². The van der Waals surface area contributed by atoms with E-state index in [1.807, 2.05) is 18.7 Å². The van der Waals surface area contributed by atoms with E-state index < -0.39 is 10.2 Å². The van der Waals surface area contributed by atoms with Crippen molar-refractivity contribution in [2.75, 3.05) is 45.8 Å². The molecule has 2 heterocycles. The molecule has 2 aliphatic heterocycles. The van der Waals surface area contributed by atoms with Gasteiger partial charge in [0.2, 0.25) is 5.91 Å². The molecule has 29 heavy (non-hydrogen) atoms. The Balaban J connectivity index is 1.44. The van der Waals surface area contributed by atoms with Crippen LogP contribution in [0.1, 0.15) is 19.4 Å². The van der Waals surface area contributed by atoms with Crippen LogP contribution in [0.3, 0.4) is 0 Å². The molecule has 2 saturated heterocycles. The lowest BCUT2D eigenvalue weighted by Gasteiger charge is -2.40. The molecule has 2 unspecified atom stereocenters. The first-order chi connectivity index (χ1) is 13.7. The van der Waals surface area contributed by atoms with E-state index in [0.29, 0.717) is 45.8 Å². The first-order valence-corrected chi connectivity index (χ1v) is 11.3. The second-order valence-electron chi connectivity index (χ2n) is 7.66. The molecule has 0 saturated carbocycles. The van der Waals surface area contributed by atoms with Gasteiger partial charge in [0.1, 0.15) is 5.82 Å². The molecule has 0 spiro atoms. The lowest BCUT2D eigenvalue weighted by atomic mass is 10.2. The van der Waals surface area contributed by atoms with Gasteiger partial charge in [-0.3, -0.25) is 9.69 Å². The van der Waals surface area contributed by atoms with E-state index in [4.69, 9.17) is 4.74 Å². The van der Waals surface area contributed by atoms with Crippen molar-refractivity contribution < 1.29 is 22.3 Å². The SMILES string of the molecule is CC1CN(S(=O)(=O)N2CCN(CC(=O)NCc3ccc(F)cc3)CC2)CC(C)O1. The Morgan fingerprint density at radius 1 is 1.07 bits per heavy atom. The third-order valence-electron chi connectivity index (χ3n) is 5.14. The van der Waals surface area contributed by atoms with E-state index in [0.717, 1.165) is 5.56 Å². The fraction of sp³-hybridized carbons (Fsp3) is 0.632. The number of hydrogen-bond acceptors (Lipinski definition) is 5. The first-order valence-electron chi connectivity index (χ1n) is 9.88. The number of piperazine rings is 1. The summed E-state index contributed by atoms with van der Waals surface area (Å²) in [7, 11) is -3.52. The maximum Gasteiger partial charge on any atom is 0.282 e. The molecule has 1 aromatic rings. The van der Waals surface area contributed by atoms with Crippen molar-refractivity contribution in [2.45, 2.75) is 32.6 Å². The molecule has 3 rings (SSSR count). The van der Waals surface area contributed by atoms with Crippen LogP contribution in [0.2, 0.25) is 0 Å². The summed E-state index contributed by atoms with van der Waals surface area (Å²) in [5, 5.41) is 2.81. The molecule has 8 nitrogen and oxygen atoms in total. The van der Waals surface area contributed by atoms with Gasteiger partial charge >= 0.3 is 0 Å². The Kier molecular flexibility index (Phi) is 7.23. The minimum atomic E-state index is -3.52. The van der Waals surface area contributed by atoms with E-state index in [2.05, 4.69) is 5.32 Å². The zero-order chi connectivity index (χ0) is 21.0. The van der Waals surface area contributed by atoms with Gasteiger partial charge in [-0.1, -0.05) is 12.1 Å². The van der Waals surface area contributed by atoms with Crippen LogP contribution in [0.5, 0.6) is 0 Å². The highest BCUT2D eigenvalue weighted by Crippen LogP contribution is 2.18. The molecular formula is C19H29FN4O4S. The zero-order valence-electron chi connectivity index (χ0n) is 16.9. The first kappa shape index (κ1) is 22.1. The van der Waals surface area contributed by atoms with Crippen LogP contribution in [-0.4, -0.2) is 85.9 Å². The summed E-state index contributed by atoms with van der Waals surface area (Å²) in [5.74, 6) is -0.449. The highest BCUT2D eigenvalue weighted by Gasteiger charge is 2.36. The second kappa shape index (κ2) is 9.48. The second-order valence-corrected chi connectivity index (χ2v) is 9.59. The van der Waals surface area contributed by atoms with Crippen LogP contribution in [0.15, 0.2) is 24.3 Å². The maximum absolute atomic E-state index is 12.9. The largest absolute Gasteiger partial charge is 0.373 e. The van der Waals surface area contributed by atoms with Gasteiger partial charge < -0.3 is 10.1 Å². The number of morpholine rings is 1. The van der Waals surface area contributed by atoms with Crippen molar-refractivity contribution in [3.63, 3.8) is 0 Å². The number of rotatable bonds is 6. The lowest BCUT2D eigenvalue weighted by molar-refractivity contribution is -0.122. The average Bonchev–Trinajstić information content (AvgIpc) is 2.67. The van der Waals surface area contributed by atoms with Crippen molar-refractivity contribution in [3.05, 3.63) is 35.6 Å². The Morgan fingerprint density at radius 2 is 1.66 bits per heavy atom. The smallest absolute Gasteiger partial charge is 0.282 e. The molecule has 1 N–H and O–H groups in total. The lowest BCUT2D eigenvalue weighted by Crippen LogP contribution is -2.57. The number of nitrogens with one attached hydrogen (secondary N) is 1. The molecule has 10 heteroatoms. The predicted molar refractivity (Wildman–Crippen MR) is 107 cm³/mol. The molecule has 1 amide bonds. The normalized spacial score (nSPS) is 25.1. The van der Waals surface area contributed by atoms with Crippen molar-refractivity contribution in [1.29, 1.82) is 0 Å². The van der Waals surface area contributed by atoms with Crippen molar-refractivity contribution in [3.8, 4) is 0 Å². The number of hydrogen-bond donors (Lipinski definition) is 1. The summed E-state index contributed by atoms with van der Waals surface area (Å²) in [6.45, 7) is 6.72. The molecule has 0 bridgehead atoms. The van der Waals surface area contributed by atoms with E-state index in [9.17, 15) is 17.6 Å². The third kappa shape index (κ3) is 5.95. The molecule has 2 atom stereocenters. The fourth-order valence-electron chi connectivity index (χ4n) is 3.66. The van der Waals surface area contributed by atoms with Crippen LogP contribution in [0, 0.1) is 5.82 Å². The Bertz CT molecular complexity index is 787. The summed E-state index contributed by atoms with van der Waals surface area (Å²) in [4.78, 5) is 14.1. The average molecular weight is 429 g/mol. The van der Waals surface area contributed by atoms with Crippen LogP contribution in [-0.2, 0) is 26.3 Å². The number of benzene rings is 1. The highest BCUT2D eigenvalue weighted by molar-refractivity contribution is 7.86. The van der Waals surface area contributed by atoms with Gasteiger partial charge in [-0.25, -0.2) is 4.39 Å². The maximum atomic E-state index is 12.9. The standard InChI is InChI=1S/C19H29FN4O4S/c1-15-12-24(13-16(2)28-15)29(26,27)23-9-7-22(8-10-23)14-19(25)21-11-17-3-5-18(20)6-4-17/h3-6,15-16H,7-14H2,1-2H3,(H,21,25). The molecule has 0 aliphatic carbocycles. The van der Waals surface area contributed by atoms with Gasteiger partial charge in [-0.05, 0) is 31.5 Å². The van der Waals surface area contributed by atoms with E-state index >= 15 is 0 Å². The van der Waals surface area contributed by atoms with E-state index in [-0.39, 0.29) is 30.5 Å². The molecule has 1 aromatic carbocycles. The molecular weight excluding hydrogens is 399 g/mol. The van der Waals surface area contributed by atoms with E-state index in [1.165, 1.54) is 20.7 Å². The molecule has 2 aliphatic rings. The summed E-state index contributed by atoms with van der Waals surface area (Å²) >= 11 is 0.